The molecule has 2 aliphatic rings. The third-order valence-corrected chi connectivity index (χ3v) is 9.44. The second-order valence-electron chi connectivity index (χ2n) is 13.3. The van der Waals surface area contributed by atoms with Crippen molar-refractivity contribution >= 4 is 35.5 Å². The van der Waals surface area contributed by atoms with Gasteiger partial charge in [-0.15, -0.1) is 0 Å². The second kappa shape index (κ2) is 21.9. The van der Waals surface area contributed by atoms with Crippen LogP contribution in [-0.4, -0.2) is 94.7 Å². The van der Waals surface area contributed by atoms with Gasteiger partial charge >= 0.3 is 5.97 Å². The van der Waals surface area contributed by atoms with E-state index in [1.807, 2.05) is 30.3 Å². The number of nitrogens with one attached hydrogen (secondary N) is 3. The predicted molar refractivity (Wildman–Crippen MR) is 186 cm³/mol. The molecule has 0 aromatic heterocycles. The number of benzene rings is 1. The first kappa shape index (κ1) is 39.5. The minimum atomic E-state index is -1.07. The fraction of sp³-hybridized carbons (Fsp3) is 0.676. The number of carboxylic acid groups (broad SMARTS) is 1. The number of carbonyl (C=O) groups is 6. The maximum atomic E-state index is 13.6. The lowest BCUT2D eigenvalue weighted by molar-refractivity contribution is -0.149. The Morgan fingerprint density at radius 3 is 1.96 bits per heavy atom. The van der Waals surface area contributed by atoms with Crippen LogP contribution in [0.3, 0.4) is 0 Å². The summed E-state index contributed by atoms with van der Waals surface area (Å²) in [5.74, 6) is -2.56. The number of likely N-dealkylation sites (tertiary alicyclic amines) is 2. The smallest absolute Gasteiger partial charge is 0.326 e. The fourth-order valence-corrected chi connectivity index (χ4v) is 6.68. The molecule has 2 fully saturated rings. The minimum absolute atomic E-state index is 0.0148. The van der Waals surface area contributed by atoms with E-state index in [1.54, 1.807) is 0 Å². The van der Waals surface area contributed by atoms with Gasteiger partial charge in [0.15, 0.2) is 0 Å². The number of aliphatic carboxylic acids is 1. The summed E-state index contributed by atoms with van der Waals surface area (Å²) in [5, 5.41) is 18.0. The van der Waals surface area contributed by atoms with E-state index in [9.17, 15) is 33.9 Å². The third kappa shape index (κ3) is 13.8. The Morgan fingerprint density at radius 2 is 1.31 bits per heavy atom. The number of carboxylic acids is 1. The Bertz CT molecular complexity index is 1230. The van der Waals surface area contributed by atoms with Crippen molar-refractivity contribution in [3.8, 4) is 0 Å². The summed E-state index contributed by atoms with van der Waals surface area (Å²) in [6.07, 6.45) is 13.4. The largest absolute Gasteiger partial charge is 0.480 e. The zero-order valence-electron chi connectivity index (χ0n) is 29.3. The first-order valence-electron chi connectivity index (χ1n) is 18.4. The van der Waals surface area contributed by atoms with Crippen molar-refractivity contribution in [2.75, 3.05) is 26.2 Å². The Kier molecular flexibility index (Phi) is 17.6. The molecule has 3 atom stereocenters. The molecule has 0 radical (unpaired) electrons. The molecule has 3 rings (SSSR count). The van der Waals surface area contributed by atoms with Gasteiger partial charge in [0.1, 0.15) is 18.1 Å². The van der Waals surface area contributed by atoms with Crippen LogP contribution in [0.5, 0.6) is 0 Å². The maximum absolute atomic E-state index is 13.6. The van der Waals surface area contributed by atoms with Crippen LogP contribution in [0.1, 0.15) is 115 Å². The van der Waals surface area contributed by atoms with Crippen LogP contribution in [0.25, 0.3) is 0 Å². The van der Waals surface area contributed by atoms with E-state index in [4.69, 9.17) is 0 Å². The molecule has 0 saturated carbocycles. The molecule has 12 heteroatoms. The normalized spacial score (nSPS) is 17.8. The highest BCUT2D eigenvalue weighted by molar-refractivity contribution is 5.94. The number of rotatable bonds is 22. The summed E-state index contributed by atoms with van der Waals surface area (Å²) < 4.78 is 0. The predicted octanol–water partition coefficient (Wildman–Crippen LogP) is 3.71. The molecule has 0 bridgehead atoms. The summed E-state index contributed by atoms with van der Waals surface area (Å²) in [5.41, 5.74) is 0.820. The summed E-state index contributed by atoms with van der Waals surface area (Å²) >= 11 is 0. The summed E-state index contributed by atoms with van der Waals surface area (Å²) in [4.78, 5) is 79.2. The van der Waals surface area contributed by atoms with Crippen LogP contribution >= 0.6 is 0 Å². The summed E-state index contributed by atoms with van der Waals surface area (Å²) in [6, 6.07) is 6.54. The molecule has 5 amide bonds. The Labute approximate surface area is 291 Å². The highest BCUT2D eigenvalue weighted by Crippen LogP contribution is 2.22. The molecule has 2 heterocycles. The third-order valence-electron chi connectivity index (χ3n) is 9.44. The van der Waals surface area contributed by atoms with E-state index in [0.717, 1.165) is 24.8 Å². The molecule has 272 valence electrons. The highest BCUT2D eigenvalue weighted by atomic mass is 16.4. The van der Waals surface area contributed by atoms with E-state index in [-0.39, 0.29) is 50.1 Å². The van der Waals surface area contributed by atoms with Gasteiger partial charge < -0.3 is 30.9 Å². The molecule has 2 saturated heterocycles. The molecule has 4 N–H and O–H groups in total. The van der Waals surface area contributed by atoms with Crippen LogP contribution in [0.2, 0.25) is 0 Å². The van der Waals surface area contributed by atoms with E-state index < -0.39 is 35.9 Å². The van der Waals surface area contributed by atoms with Gasteiger partial charge in [-0.2, -0.15) is 0 Å². The first-order chi connectivity index (χ1) is 23.7. The lowest BCUT2D eigenvalue weighted by Crippen LogP contribution is -2.56. The number of unbranched alkanes of at least 4 members (excludes halogenated alkanes) is 8. The lowest BCUT2D eigenvalue weighted by Gasteiger charge is -2.30. The van der Waals surface area contributed by atoms with E-state index in [0.29, 0.717) is 45.2 Å². The molecule has 1 aromatic carbocycles. The van der Waals surface area contributed by atoms with Crippen LogP contribution in [0.15, 0.2) is 30.3 Å². The first-order valence-corrected chi connectivity index (χ1v) is 18.4. The Morgan fingerprint density at radius 1 is 0.735 bits per heavy atom. The molecule has 12 nitrogen and oxygen atoms in total. The maximum Gasteiger partial charge on any atom is 0.326 e. The topological polar surface area (TPSA) is 165 Å². The Hall–Kier alpha value is -3.96. The van der Waals surface area contributed by atoms with Crippen molar-refractivity contribution in [3.05, 3.63) is 35.9 Å². The molecule has 2 aliphatic heterocycles. The average molecular weight is 684 g/mol. The standard InChI is InChI=1S/C37H57N5O7/c1-2-3-4-5-6-7-8-9-13-20-32(43)38-23-21-33(44)39-24-22-34(45)41-25-14-18-30(41)35(46)40-29(27-28-16-11-10-12-17-28)36(47)42-26-15-19-31(42)37(48)49/h10-12,16-17,29-31H,2-9,13-15,18-27H2,1H3,(H,38,43)(H,39,44)(H,40,46)(H,48,49). The van der Waals surface area contributed by atoms with Gasteiger partial charge in [0.05, 0.1) is 0 Å². The van der Waals surface area contributed by atoms with Gasteiger partial charge in [0.25, 0.3) is 0 Å². The minimum Gasteiger partial charge on any atom is -0.480 e. The van der Waals surface area contributed by atoms with Gasteiger partial charge in [0, 0.05) is 51.9 Å². The summed E-state index contributed by atoms with van der Waals surface area (Å²) in [7, 11) is 0. The van der Waals surface area contributed by atoms with Crippen LogP contribution in [0.4, 0.5) is 0 Å². The number of nitrogens with zero attached hydrogens (tertiary/aromatic N) is 2. The van der Waals surface area contributed by atoms with E-state index in [1.165, 1.54) is 48.3 Å². The van der Waals surface area contributed by atoms with Crippen LogP contribution < -0.4 is 16.0 Å². The van der Waals surface area contributed by atoms with E-state index >= 15 is 0 Å². The summed E-state index contributed by atoms with van der Waals surface area (Å²) in [6.45, 7) is 3.25. The van der Waals surface area contributed by atoms with Crippen molar-refractivity contribution in [1.29, 1.82) is 0 Å². The number of hydrogen-bond acceptors (Lipinski definition) is 6. The van der Waals surface area contributed by atoms with Gasteiger partial charge in [-0.05, 0) is 37.7 Å². The second-order valence-corrected chi connectivity index (χ2v) is 13.3. The van der Waals surface area contributed by atoms with Crippen molar-refractivity contribution in [3.63, 3.8) is 0 Å². The number of carbonyl (C=O) groups excluding carboxylic acids is 5. The highest BCUT2D eigenvalue weighted by Gasteiger charge is 2.40. The van der Waals surface area contributed by atoms with Gasteiger partial charge in [-0.3, -0.25) is 24.0 Å². The molecular formula is C37H57N5O7. The number of hydrogen-bond donors (Lipinski definition) is 4. The van der Waals surface area contributed by atoms with Gasteiger partial charge in [-0.1, -0.05) is 88.6 Å². The van der Waals surface area contributed by atoms with Crippen molar-refractivity contribution in [1.82, 2.24) is 25.8 Å². The molecule has 0 spiro atoms. The number of amides is 5. The SMILES string of the molecule is CCCCCCCCCCCC(=O)NCCC(=O)NCCC(=O)N1CCCC1C(=O)NC(Cc1ccccc1)C(=O)N1CCCC1C(=O)O. The van der Waals surface area contributed by atoms with Crippen LogP contribution in [0, 0.1) is 0 Å². The monoisotopic (exact) mass is 683 g/mol. The molecule has 3 unspecified atom stereocenters. The fourth-order valence-electron chi connectivity index (χ4n) is 6.68. The lowest BCUT2D eigenvalue weighted by atomic mass is 10.0. The zero-order valence-corrected chi connectivity index (χ0v) is 29.3. The average Bonchev–Trinajstić information content (AvgIpc) is 3.79. The van der Waals surface area contributed by atoms with Gasteiger partial charge in [0.2, 0.25) is 29.5 Å². The van der Waals surface area contributed by atoms with E-state index in [2.05, 4.69) is 22.9 Å². The van der Waals surface area contributed by atoms with Crippen molar-refractivity contribution in [2.45, 2.75) is 134 Å². The quantitative estimate of drug-likeness (QED) is 0.135. The molecule has 1 aromatic rings. The molecular weight excluding hydrogens is 626 g/mol. The molecule has 0 aliphatic carbocycles. The van der Waals surface area contributed by atoms with Crippen molar-refractivity contribution in [2.24, 2.45) is 0 Å². The zero-order chi connectivity index (χ0) is 35.4. The molecule has 49 heavy (non-hydrogen) atoms. The Balaban J connectivity index is 1.38. The van der Waals surface area contributed by atoms with Gasteiger partial charge in [-0.25, -0.2) is 4.79 Å². The van der Waals surface area contributed by atoms with Crippen LogP contribution in [-0.2, 0) is 35.2 Å². The van der Waals surface area contributed by atoms with Crippen molar-refractivity contribution < 1.29 is 33.9 Å².